The van der Waals surface area contributed by atoms with Gasteiger partial charge in [-0.1, -0.05) is 0 Å². The van der Waals surface area contributed by atoms with Crippen LogP contribution in [0.4, 0.5) is 23.2 Å². The van der Waals surface area contributed by atoms with E-state index >= 15 is 0 Å². The van der Waals surface area contributed by atoms with Crippen LogP contribution in [0.5, 0.6) is 0 Å². The number of hydrogen-bond acceptors (Lipinski definition) is 4. The van der Waals surface area contributed by atoms with Gasteiger partial charge in [0.1, 0.15) is 16.9 Å². The number of halogens is 4. The summed E-state index contributed by atoms with van der Waals surface area (Å²) in [5.41, 5.74) is -0.329. The van der Waals surface area contributed by atoms with Crippen molar-refractivity contribution in [3.8, 4) is 0 Å². The molecule has 1 aliphatic rings. The van der Waals surface area contributed by atoms with E-state index < -0.39 is 56.9 Å². The quantitative estimate of drug-likeness (QED) is 0.672. The molecular formula is C20H20F4N2O4S. The fourth-order valence-corrected chi connectivity index (χ4v) is 4.91. The van der Waals surface area contributed by atoms with Crippen molar-refractivity contribution in [1.82, 2.24) is 4.31 Å². The van der Waals surface area contributed by atoms with Gasteiger partial charge in [0.05, 0.1) is 0 Å². The van der Waals surface area contributed by atoms with Gasteiger partial charge in [-0.2, -0.15) is 4.31 Å². The first-order chi connectivity index (χ1) is 14.6. The number of amides is 1. The number of nitrogens with zero attached hydrogens (tertiary/aromatic N) is 1. The third kappa shape index (κ3) is 5.23. The Morgan fingerprint density at radius 1 is 1.10 bits per heavy atom. The van der Waals surface area contributed by atoms with E-state index in [1.165, 1.54) is 0 Å². The zero-order valence-corrected chi connectivity index (χ0v) is 17.0. The predicted octanol–water partition coefficient (Wildman–Crippen LogP) is 3.09. The van der Waals surface area contributed by atoms with Gasteiger partial charge in [-0.3, -0.25) is 4.79 Å². The number of hydrogen-bond donors (Lipinski definition) is 2. The summed E-state index contributed by atoms with van der Waals surface area (Å²) in [6, 6.07) is 5.28. The minimum Gasteiger partial charge on any atom is -0.396 e. The maximum atomic E-state index is 14.4. The molecule has 6 nitrogen and oxygen atoms in total. The number of sulfonamides is 1. The third-order valence-corrected chi connectivity index (χ3v) is 6.90. The van der Waals surface area contributed by atoms with Crippen LogP contribution in [0.1, 0.15) is 23.2 Å². The Kier molecular flexibility index (Phi) is 6.97. The summed E-state index contributed by atoms with van der Waals surface area (Å²) in [7, 11) is -4.47. The average molecular weight is 460 g/mol. The normalized spacial score (nSPS) is 20.3. The van der Waals surface area contributed by atoms with Crippen molar-refractivity contribution in [1.29, 1.82) is 0 Å². The first kappa shape index (κ1) is 23.2. The molecule has 31 heavy (non-hydrogen) atoms. The standard InChI is InChI=1S/C20H20F4N2O4S/c21-14-7-12(11-27)5-6-26(10-14)31(29,30)19-8-13(1-3-17(19)23)20(28)25-15-2-4-16(22)18(24)9-15/h1-4,8-9,12,14,27H,5-7,10-11H2,(H,25,28). The molecule has 2 aromatic carbocycles. The second-order valence-corrected chi connectivity index (χ2v) is 9.17. The van der Waals surface area contributed by atoms with E-state index in [9.17, 15) is 35.9 Å². The Labute approximate surface area is 176 Å². The molecule has 1 saturated heterocycles. The summed E-state index contributed by atoms with van der Waals surface area (Å²) in [6.07, 6.45) is -1.34. The lowest BCUT2D eigenvalue weighted by Gasteiger charge is -2.21. The minimum absolute atomic E-state index is 0.0122. The molecule has 11 heteroatoms. The summed E-state index contributed by atoms with van der Waals surface area (Å²) >= 11 is 0. The van der Waals surface area contributed by atoms with Crippen LogP contribution >= 0.6 is 0 Å². The van der Waals surface area contributed by atoms with Crippen LogP contribution in [0.15, 0.2) is 41.3 Å². The third-order valence-electron chi connectivity index (χ3n) is 5.02. The van der Waals surface area contributed by atoms with Gasteiger partial charge in [0, 0.05) is 37.0 Å². The van der Waals surface area contributed by atoms with Crippen LogP contribution < -0.4 is 5.32 Å². The molecule has 2 aromatic rings. The van der Waals surface area contributed by atoms with Crippen molar-refractivity contribution in [2.75, 3.05) is 25.0 Å². The lowest BCUT2D eigenvalue weighted by atomic mass is 10.0. The molecule has 0 aromatic heterocycles. The first-order valence-corrected chi connectivity index (χ1v) is 10.9. The van der Waals surface area contributed by atoms with E-state index in [0.717, 1.165) is 40.7 Å². The maximum absolute atomic E-state index is 14.4. The van der Waals surface area contributed by atoms with E-state index in [4.69, 9.17) is 0 Å². The van der Waals surface area contributed by atoms with Gasteiger partial charge in [-0.15, -0.1) is 0 Å². The number of nitrogens with one attached hydrogen (secondary N) is 1. The van der Waals surface area contributed by atoms with Gasteiger partial charge in [-0.05, 0) is 49.1 Å². The van der Waals surface area contributed by atoms with Gasteiger partial charge in [-0.25, -0.2) is 26.0 Å². The van der Waals surface area contributed by atoms with Gasteiger partial charge >= 0.3 is 0 Å². The van der Waals surface area contributed by atoms with Crippen LogP contribution in [0.3, 0.4) is 0 Å². The largest absolute Gasteiger partial charge is 0.396 e. The number of rotatable bonds is 5. The van der Waals surface area contributed by atoms with E-state index in [-0.39, 0.29) is 37.2 Å². The summed E-state index contributed by atoms with van der Waals surface area (Å²) < 4.78 is 81.6. The molecular weight excluding hydrogens is 440 g/mol. The molecule has 0 bridgehead atoms. The Balaban J connectivity index is 1.87. The smallest absolute Gasteiger partial charge is 0.255 e. The highest BCUT2D eigenvalue weighted by atomic mass is 32.2. The van der Waals surface area contributed by atoms with Crippen molar-refractivity contribution in [2.45, 2.75) is 23.9 Å². The van der Waals surface area contributed by atoms with Crippen LogP contribution in [-0.4, -0.2) is 49.6 Å². The van der Waals surface area contributed by atoms with Gasteiger partial charge in [0.2, 0.25) is 10.0 Å². The molecule has 0 saturated carbocycles. The van der Waals surface area contributed by atoms with Crippen molar-refractivity contribution >= 4 is 21.6 Å². The summed E-state index contributed by atoms with van der Waals surface area (Å²) in [5.74, 6) is -4.71. The number of aliphatic hydroxyl groups excluding tert-OH is 1. The fourth-order valence-electron chi connectivity index (χ4n) is 3.34. The van der Waals surface area contributed by atoms with E-state index in [0.29, 0.717) is 0 Å². The second-order valence-electron chi connectivity index (χ2n) is 7.26. The van der Waals surface area contributed by atoms with E-state index in [2.05, 4.69) is 5.32 Å². The lowest BCUT2D eigenvalue weighted by molar-refractivity contribution is 0.102. The number of carbonyl (C=O) groups is 1. The van der Waals surface area contributed by atoms with Crippen molar-refractivity contribution < 1.29 is 35.9 Å². The molecule has 0 spiro atoms. The summed E-state index contributed by atoms with van der Waals surface area (Å²) in [5, 5.41) is 11.5. The van der Waals surface area contributed by atoms with Crippen LogP contribution in [0, 0.1) is 23.4 Å². The SMILES string of the molecule is O=C(Nc1ccc(F)c(F)c1)c1ccc(F)c(S(=O)(=O)N2CCC(CO)CC(F)C2)c1. The van der Waals surface area contributed by atoms with E-state index in [1.54, 1.807) is 0 Å². The van der Waals surface area contributed by atoms with Crippen molar-refractivity contribution in [3.05, 3.63) is 59.4 Å². The first-order valence-electron chi connectivity index (χ1n) is 9.43. The number of benzene rings is 2. The van der Waals surface area contributed by atoms with Crippen LogP contribution in [0.2, 0.25) is 0 Å². The minimum atomic E-state index is -4.47. The van der Waals surface area contributed by atoms with Gasteiger partial charge < -0.3 is 10.4 Å². The van der Waals surface area contributed by atoms with Crippen LogP contribution in [0.25, 0.3) is 0 Å². The van der Waals surface area contributed by atoms with Gasteiger partial charge in [0.25, 0.3) is 5.91 Å². The fraction of sp³-hybridized carbons (Fsp3) is 0.350. The molecule has 0 radical (unpaired) electrons. The predicted molar refractivity (Wildman–Crippen MR) is 104 cm³/mol. The Morgan fingerprint density at radius 2 is 1.81 bits per heavy atom. The van der Waals surface area contributed by atoms with Gasteiger partial charge in [0.15, 0.2) is 11.6 Å². The number of alkyl halides is 1. The number of aliphatic hydroxyl groups is 1. The highest BCUT2D eigenvalue weighted by Crippen LogP contribution is 2.27. The molecule has 2 unspecified atom stereocenters. The summed E-state index contributed by atoms with van der Waals surface area (Å²) in [4.78, 5) is 11.6. The monoisotopic (exact) mass is 460 g/mol. The molecule has 2 atom stereocenters. The Morgan fingerprint density at radius 3 is 2.48 bits per heavy atom. The molecule has 2 N–H and O–H groups in total. The molecule has 168 valence electrons. The Hall–Kier alpha value is -2.50. The number of carbonyl (C=O) groups excluding carboxylic acids is 1. The maximum Gasteiger partial charge on any atom is 0.255 e. The second kappa shape index (κ2) is 9.33. The molecule has 1 aliphatic heterocycles. The zero-order valence-electron chi connectivity index (χ0n) is 16.2. The average Bonchev–Trinajstić information content (AvgIpc) is 2.92. The highest BCUT2D eigenvalue weighted by Gasteiger charge is 2.34. The van der Waals surface area contributed by atoms with Crippen molar-refractivity contribution in [3.63, 3.8) is 0 Å². The number of anilines is 1. The zero-order chi connectivity index (χ0) is 22.8. The Bertz CT molecular complexity index is 1080. The molecule has 1 amide bonds. The molecule has 0 aliphatic carbocycles. The lowest BCUT2D eigenvalue weighted by Crippen LogP contribution is -2.35. The summed E-state index contributed by atoms with van der Waals surface area (Å²) in [6.45, 7) is -0.898. The molecule has 1 fully saturated rings. The van der Waals surface area contributed by atoms with Crippen molar-refractivity contribution in [2.24, 2.45) is 5.92 Å². The van der Waals surface area contributed by atoms with Crippen LogP contribution in [-0.2, 0) is 10.0 Å². The topological polar surface area (TPSA) is 86.7 Å². The molecule has 3 rings (SSSR count). The molecule has 1 heterocycles. The highest BCUT2D eigenvalue weighted by molar-refractivity contribution is 7.89. The van der Waals surface area contributed by atoms with E-state index in [1.807, 2.05) is 0 Å².